The summed E-state index contributed by atoms with van der Waals surface area (Å²) >= 11 is 7.75. The van der Waals surface area contributed by atoms with Crippen LogP contribution in [0.3, 0.4) is 0 Å². The van der Waals surface area contributed by atoms with Gasteiger partial charge < -0.3 is 4.90 Å². The van der Waals surface area contributed by atoms with E-state index in [0.717, 1.165) is 27.3 Å². The van der Waals surface area contributed by atoms with E-state index < -0.39 is 15.4 Å². The topological polar surface area (TPSA) is 70.6 Å². The van der Waals surface area contributed by atoms with E-state index in [9.17, 15) is 13.2 Å². The van der Waals surface area contributed by atoms with Crippen LogP contribution in [0.5, 0.6) is 0 Å². The number of aromatic nitrogens is 1. The van der Waals surface area contributed by atoms with Gasteiger partial charge in [0.05, 0.1) is 25.7 Å². The summed E-state index contributed by atoms with van der Waals surface area (Å²) in [6.45, 7) is 3.27. The van der Waals surface area contributed by atoms with Gasteiger partial charge in [0.15, 0.2) is 0 Å². The van der Waals surface area contributed by atoms with Gasteiger partial charge in [-0.2, -0.15) is 4.31 Å². The quantitative estimate of drug-likeness (QED) is 0.560. The average molecular weight is 476 g/mol. The highest BCUT2D eigenvalue weighted by Crippen LogP contribution is 2.44. The van der Waals surface area contributed by atoms with E-state index in [4.69, 9.17) is 11.6 Å². The molecule has 0 N–H and O–H groups in total. The molecule has 2 saturated heterocycles. The number of piperidine rings is 1. The van der Waals surface area contributed by atoms with Gasteiger partial charge in [-0.15, -0.1) is 11.3 Å². The maximum Gasteiger partial charge on any atom is 0.244 e. The molecule has 9 heteroatoms. The molecule has 0 saturated carbocycles. The van der Waals surface area contributed by atoms with E-state index in [1.165, 1.54) is 10.4 Å². The van der Waals surface area contributed by atoms with Crippen molar-refractivity contribution in [3.05, 3.63) is 52.5 Å². The Kier molecular flexibility index (Phi) is 5.08. The molecule has 3 aromatic rings. The van der Waals surface area contributed by atoms with E-state index in [0.29, 0.717) is 32.5 Å². The zero-order valence-electron chi connectivity index (χ0n) is 17.0. The molecule has 0 unspecified atom stereocenters. The van der Waals surface area contributed by atoms with Crippen molar-refractivity contribution in [2.75, 3.05) is 24.5 Å². The number of hydrogen-bond acceptors (Lipinski definition) is 5. The van der Waals surface area contributed by atoms with E-state index in [-0.39, 0.29) is 15.8 Å². The van der Waals surface area contributed by atoms with Crippen molar-refractivity contribution in [2.24, 2.45) is 5.41 Å². The number of hydrogen-bond donors (Lipinski definition) is 0. The lowest BCUT2D eigenvalue weighted by Crippen LogP contribution is -2.46. The number of halogens is 1. The number of amides is 1. The molecule has 31 heavy (non-hydrogen) atoms. The SMILES string of the molecule is Cc1nc2ccc(N3CCC4(CCN(S(=O)(=O)c5ccccc5Cl)CC4)C3=O)cc2s1. The van der Waals surface area contributed by atoms with Crippen molar-refractivity contribution < 1.29 is 13.2 Å². The molecule has 0 radical (unpaired) electrons. The highest BCUT2D eigenvalue weighted by atomic mass is 35.5. The molecule has 0 aliphatic carbocycles. The van der Waals surface area contributed by atoms with Crippen LogP contribution in [0.2, 0.25) is 5.02 Å². The first-order valence-corrected chi connectivity index (χ1v) is 12.9. The van der Waals surface area contributed by atoms with Gasteiger partial charge in [-0.05, 0) is 56.5 Å². The third kappa shape index (κ3) is 3.46. The van der Waals surface area contributed by atoms with Crippen LogP contribution < -0.4 is 4.90 Å². The van der Waals surface area contributed by atoms with Gasteiger partial charge >= 0.3 is 0 Å². The lowest BCUT2D eigenvalue weighted by molar-refractivity contribution is -0.127. The second kappa shape index (κ2) is 7.55. The van der Waals surface area contributed by atoms with E-state index in [1.807, 2.05) is 30.0 Å². The second-order valence-corrected chi connectivity index (χ2v) is 11.8. The zero-order chi connectivity index (χ0) is 21.8. The molecule has 0 atom stereocenters. The molecule has 3 heterocycles. The highest BCUT2D eigenvalue weighted by Gasteiger charge is 2.50. The average Bonchev–Trinajstić information content (AvgIpc) is 3.27. The molecule has 162 valence electrons. The number of aryl methyl sites for hydroxylation is 1. The minimum atomic E-state index is -3.67. The first-order chi connectivity index (χ1) is 14.8. The molecule has 1 amide bonds. The molecular formula is C22H22ClN3O3S2. The summed E-state index contributed by atoms with van der Waals surface area (Å²) in [7, 11) is -3.67. The number of carbonyl (C=O) groups is 1. The van der Waals surface area contributed by atoms with Crippen LogP contribution in [0, 0.1) is 12.3 Å². The van der Waals surface area contributed by atoms with E-state index in [1.54, 1.807) is 29.5 Å². The summed E-state index contributed by atoms with van der Waals surface area (Å²) in [6, 6.07) is 12.4. The van der Waals surface area contributed by atoms with Crippen LogP contribution >= 0.6 is 22.9 Å². The van der Waals surface area contributed by atoms with Crippen LogP contribution in [0.1, 0.15) is 24.3 Å². The fourth-order valence-electron chi connectivity index (χ4n) is 4.67. The molecule has 2 aliphatic rings. The highest BCUT2D eigenvalue weighted by molar-refractivity contribution is 7.89. The minimum Gasteiger partial charge on any atom is -0.312 e. The van der Waals surface area contributed by atoms with Crippen molar-refractivity contribution >= 4 is 54.8 Å². The number of nitrogens with zero attached hydrogens (tertiary/aromatic N) is 3. The summed E-state index contributed by atoms with van der Waals surface area (Å²) in [4.78, 5) is 19.9. The van der Waals surface area contributed by atoms with E-state index >= 15 is 0 Å². The fraction of sp³-hybridized carbons (Fsp3) is 0.364. The maximum absolute atomic E-state index is 13.4. The Morgan fingerprint density at radius 1 is 1.06 bits per heavy atom. The summed E-state index contributed by atoms with van der Waals surface area (Å²) in [5.41, 5.74) is 1.35. The third-order valence-corrected chi connectivity index (χ3v) is 9.77. The molecule has 6 nitrogen and oxygen atoms in total. The Labute approximate surface area is 190 Å². The van der Waals surface area contributed by atoms with Crippen molar-refractivity contribution in [3.8, 4) is 0 Å². The van der Waals surface area contributed by atoms with Gasteiger partial charge in [0.2, 0.25) is 15.9 Å². The first-order valence-electron chi connectivity index (χ1n) is 10.2. The number of thiazole rings is 1. The van der Waals surface area contributed by atoms with Crippen molar-refractivity contribution in [3.63, 3.8) is 0 Å². The lowest BCUT2D eigenvalue weighted by atomic mass is 9.77. The molecule has 1 spiro atoms. The maximum atomic E-state index is 13.4. The lowest BCUT2D eigenvalue weighted by Gasteiger charge is -2.37. The van der Waals surface area contributed by atoms with Crippen LogP contribution in [0.4, 0.5) is 5.69 Å². The molecule has 2 fully saturated rings. The number of carbonyl (C=O) groups excluding carboxylic acids is 1. The Balaban J connectivity index is 1.34. The molecule has 0 bridgehead atoms. The van der Waals surface area contributed by atoms with Crippen LogP contribution in [0.15, 0.2) is 47.4 Å². The van der Waals surface area contributed by atoms with E-state index in [2.05, 4.69) is 4.98 Å². The van der Waals surface area contributed by atoms with Gasteiger partial charge in [0.1, 0.15) is 4.90 Å². The molecule has 5 rings (SSSR count). The summed E-state index contributed by atoms with van der Waals surface area (Å²) in [6.07, 6.45) is 1.79. The smallest absolute Gasteiger partial charge is 0.244 e. The summed E-state index contributed by atoms with van der Waals surface area (Å²) in [5.74, 6) is 0.0999. The van der Waals surface area contributed by atoms with Gasteiger partial charge in [-0.1, -0.05) is 23.7 Å². The Bertz CT molecular complexity index is 1280. The molecule has 2 aliphatic heterocycles. The Hall–Kier alpha value is -2.00. The van der Waals surface area contributed by atoms with Crippen molar-refractivity contribution in [1.29, 1.82) is 0 Å². The van der Waals surface area contributed by atoms with Crippen LogP contribution in [-0.2, 0) is 14.8 Å². The van der Waals surface area contributed by atoms with Gasteiger partial charge in [-0.25, -0.2) is 13.4 Å². The molecule has 1 aromatic heterocycles. The molecule has 2 aromatic carbocycles. The predicted molar refractivity (Wildman–Crippen MR) is 123 cm³/mol. The van der Waals surface area contributed by atoms with Crippen molar-refractivity contribution in [2.45, 2.75) is 31.1 Å². The monoisotopic (exact) mass is 475 g/mol. The normalized spacial score (nSPS) is 19.5. The van der Waals surface area contributed by atoms with Gasteiger partial charge in [0, 0.05) is 25.3 Å². The Morgan fingerprint density at radius 3 is 2.52 bits per heavy atom. The zero-order valence-corrected chi connectivity index (χ0v) is 19.4. The summed E-state index contributed by atoms with van der Waals surface area (Å²) < 4.78 is 28.6. The van der Waals surface area contributed by atoms with Gasteiger partial charge in [0.25, 0.3) is 0 Å². The fourth-order valence-corrected chi connectivity index (χ4v) is 7.47. The second-order valence-electron chi connectivity index (χ2n) is 8.21. The minimum absolute atomic E-state index is 0.0999. The number of anilines is 1. The van der Waals surface area contributed by atoms with Gasteiger partial charge in [-0.3, -0.25) is 4.79 Å². The Morgan fingerprint density at radius 2 is 1.77 bits per heavy atom. The van der Waals surface area contributed by atoms with Crippen molar-refractivity contribution in [1.82, 2.24) is 9.29 Å². The molecular weight excluding hydrogens is 454 g/mol. The number of benzene rings is 2. The third-order valence-electron chi connectivity index (χ3n) is 6.44. The number of rotatable bonds is 3. The standard InChI is InChI=1S/C22H22ClN3O3S2/c1-15-24-18-7-6-16(14-19(18)30-15)26-13-10-22(21(26)27)8-11-25(12-9-22)31(28,29)20-5-3-2-4-17(20)23/h2-7,14H,8-13H2,1H3. The van der Waals surface area contributed by atoms with Crippen LogP contribution in [0.25, 0.3) is 10.2 Å². The number of sulfonamides is 1. The largest absolute Gasteiger partial charge is 0.312 e. The first kappa shape index (κ1) is 20.9. The van der Waals surface area contributed by atoms with Crippen LogP contribution in [-0.4, -0.2) is 43.2 Å². The number of fused-ring (bicyclic) bond motifs is 1. The summed E-state index contributed by atoms with van der Waals surface area (Å²) in [5, 5.41) is 1.23. The predicted octanol–water partition coefficient (Wildman–Crippen LogP) is 4.47.